The van der Waals surface area contributed by atoms with Gasteiger partial charge in [-0.3, -0.25) is 0 Å². The lowest BCUT2D eigenvalue weighted by Crippen LogP contribution is -2.13. The summed E-state index contributed by atoms with van der Waals surface area (Å²) < 4.78 is 5.48. The third-order valence-corrected chi connectivity index (χ3v) is 1.81. The molecule has 0 spiro atoms. The fourth-order valence-electron chi connectivity index (χ4n) is 1.22. The van der Waals surface area contributed by atoms with Gasteiger partial charge in [-0.1, -0.05) is 24.1 Å². The Kier molecular flexibility index (Phi) is 7.53. The molecule has 0 radical (unpaired) electrons. The minimum Gasteiger partial charge on any atom is -0.494 e. The van der Waals surface area contributed by atoms with Crippen LogP contribution in [-0.4, -0.2) is 13.2 Å². The summed E-state index contributed by atoms with van der Waals surface area (Å²) in [7, 11) is 0. The average molecular weight is 226 g/mol. The molecule has 0 heterocycles. The van der Waals surface area contributed by atoms with Crippen molar-refractivity contribution in [2.45, 2.75) is 13.5 Å². The molecule has 0 bridgehead atoms. The Bertz CT molecular complexity index is 320. The Morgan fingerprint density at radius 3 is 2.80 bits per heavy atom. The number of hydrogen-bond acceptors (Lipinski definition) is 2. The van der Waals surface area contributed by atoms with E-state index in [0.717, 1.165) is 17.9 Å². The summed E-state index contributed by atoms with van der Waals surface area (Å²) in [6.07, 6.45) is 5.15. The molecule has 0 atom stereocenters. The number of rotatable bonds is 5. The second kappa shape index (κ2) is 8.16. The van der Waals surface area contributed by atoms with E-state index < -0.39 is 0 Å². The zero-order valence-corrected chi connectivity index (χ0v) is 9.64. The maximum Gasteiger partial charge on any atom is 0.123 e. The van der Waals surface area contributed by atoms with Crippen LogP contribution in [0, 0.1) is 12.3 Å². The van der Waals surface area contributed by atoms with Crippen molar-refractivity contribution >= 4 is 12.4 Å². The number of para-hydroxylation sites is 1. The van der Waals surface area contributed by atoms with E-state index in [1.165, 1.54) is 0 Å². The minimum atomic E-state index is 0. The first-order valence-electron chi connectivity index (χ1n) is 4.73. The third-order valence-electron chi connectivity index (χ3n) is 1.81. The topological polar surface area (TPSA) is 21.3 Å². The molecule has 0 aromatic heterocycles. The van der Waals surface area contributed by atoms with Gasteiger partial charge in [0.25, 0.3) is 0 Å². The van der Waals surface area contributed by atoms with Gasteiger partial charge in [0.1, 0.15) is 5.75 Å². The van der Waals surface area contributed by atoms with Crippen LogP contribution in [0.3, 0.4) is 0 Å². The molecule has 1 N–H and O–H groups in total. The number of halogens is 1. The van der Waals surface area contributed by atoms with Crippen molar-refractivity contribution in [2.24, 2.45) is 0 Å². The highest BCUT2D eigenvalue weighted by Gasteiger charge is 2.00. The van der Waals surface area contributed by atoms with E-state index in [9.17, 15) is 0 Å². The maximum atomic E-state index is 5.48. The molecule has 0 fully saturated rings. The van der Waals surface area contributed by atoms with E-state index in [4.69, 9.17) is 11.2 Å². The minimum absolute atomic E-state index is 0. The van der Waals surface area contributed by atoms with Gasteiger partial charge < -0.3 is 10.1 Å². The van der Waals surface area contributed by atoms with Gasteiger partial charge in [-0.15, -0.1) is 18.8 Å². The Labute approximate surface area is 97.4 Å². The molecular weight excluding hydrogens is 210 g/mol. The van der Waals surface area contributed by atoms with E-state index in [0.29, 0.717) is 13.2 Å². The Morgan fingerprint density at radius 1 is 1.40 bits per heavy atom. The molecule has 0 saturated heterocycles. The smallest absolute Gasteiger partial charge is 0.123 e. The van der Waals surface area contributed by atoms with Crippen LogP contribution in [0.15, 0.2) is 24.3 Å². The van der Waals surface area contributed by atoms with Gasteiger partial charge in [-0.2, -0.15) is 0 Å². The van der Waals surface area contributed by atoms with Crippen LogP contribution in [0.4, 0.5) is 0 Å². The van der Waals surface area contributed by atoms with Crippen LogP contribution in [0.25, 0.3) is 0 Å². The Morgan fingerprint density at radius 2 is 2.13 bits per heavy atom. The highest BCUT2D eigenvalue weighted by Crippen LogP contribution is 2.17. The first kappa shape index (κ1) is 13.8. The van der Waals surface area contributed by atoms with Gasteiger partial charge in [0.05, 0.1) is 13.2 Å². The lowest BCUT2D eigenvalue weighted by molar-refractivity contribution is 0.335. The van der Waals surface area contributed by atoms with Crippen molar-refractivity contribution in [3.05, 3.63) is 29.8 Å². The average Bonchev–Trinajstić information content (AvgIpc) is 2.21. The maximum absolute atomic E-state index is 5.48. The molecule has 0 aliphatic rings. The highest BCUT2D eigenvalue weighted by atomic mass is 35.5. The summed E-state index contributed by atoms with van der Waals surface area (Å²) in [6.45, 7) is 4.00. The summed E-state index contributed by atoms with van der Waals surface area (Å²) in [5, 5.41) is 3.13. The molecule has 1 rings (SSSR count). The molecule has 0 aliphatic heterocycles. The SMILES string of the molecule is C#CCNCc1ccccc1OCC.Cl. The summed E-state index contributed by atoms with van der Waals surface area (Å²) in [5.74, 6) is 3.47. The zero-order chi connectivity index (χ0) is 10.2. The number of benzene rings is 1. The van der Waals surface area contributed by atoms with Crippen molar-refractivity contribution < 1.29 is 4.74 Å². The normalized spacial score (nSPS) is 8.80. The second-order valence-corrected chi connectivity index (χ2v) is 2.85. The molecule has 1 aromatic rings. The van der Waals surface area contributed by atoms with Crippen LogP contribution in [0.2, 0.25) is 0 Å². The van der Waals surface area contributed by atoms with E-state index in [-0.39, 0.29) is 12.4 Å². The Hall–Kier alpha value is -1.17. The molecule has 82 valence electrons. The molecule has 2 nitrogen and oxygen atoms in total. The van der Waals surface area contributed by atoms with Gasteiger partial charge in [0, 0.05) is 12.1 Å². The van der Waals surface area contributed by atoms with Crippen molar-refractivity contribution in [1.29, 1.82) is 0 Å². The predicted molar refractivity (Wildman–Crippen MR) is 65.4 cm³/mol. The van der Waals surface area contributed by atoms with Crippen LogP contribution in [0.1, 0.15) is 12.5 Å². The van der Waals surface area contributed by atoms with Crippen molar-refractivity contribution in [3.63, 3.8) is 0 Å². The molecule has 0 amide bonds. The van der Waals surface area contributed by atoms with E-state index >= 15 is 0 Å². The second-order valence-electron chi connectivity index (χ2n) is 2.85. The molecule has 15 heavy (non-hydrogen) atoms. The Balaban J connectivity index is 0.00000196. The largest absolute Gasteiger partial charge is 0.494 e. The van der Waals surface area contributed by atoms with Gasteiger partial charge in [-0.05, 0) is 13.0 Å². The molecule has 3 heteroatoms. The summed E-state index contributed by atoms with van der Waals surface area (Å²) in [6, 6.07) is 7.97. The van der Waals surface area contributed by atoms with Crippen LogP contribution in [0.5, 0.6) is 5.75 Å². The predicted octanol–water partition coefficient (Wildman–Crippen LogP) is 2.23. The first-order valence-corrected chi connectivity index (χ1v) is 4.73. The van der Waals surface area contributed by atoms with Gasteiger partial charge in [0.2, 0.25) is 0 Å². The quantitative estimate of drug-likeness (QED) is 0.613. The van der Waals surface area contributed by atoms with Crippen LogP contribution in [-0.2, 0) is 6.54 Å². The van der Waals surface area contributed by atoms with Crippen molar-refractivity contribution in [3.8, 4) is 18.1 Å². The van der Waals surface area contributed by atoms with Gasteiger partial charge in [0.15, 0.2) is 0 Å². The zero-order valence-electron chi connectivity index (χ0n) is 8.82. The molecule has 0 unspecified atom stereocenters. The standard InChI is InChI=1S/C12H15NO.ClH/c1-3-9-13-10-11-7-5-6-8-12(11)14-4-2;/h1,5-8,13H,4,9-10H2,2H3;1H. The molecule has 0 aliphatic carbocycles. The van der Waals surface area contributed by atoms with Gasteiger partial charge in [-0.25, -0.2) is 0 Å². The number of hydrogen-bond donors (Lipinski definition) is 1. The summed E-state index contributed by atoms with van der Waals surface area (Å²) in [4.78, 5) is 0. The van der Waals surface area contributed by atoms with Crippen molar-refractivity contribution in [2.75, 3.05) is 13.2 Å². The number of nitrogens with one attached hydrogen (secondary N) is 1. The fraction of sp³-hybridized carbons (Fsp3) is 0.333. The molecular formula is C12H16ClNO. The highest BCUT2D eigenvalue weighted by molar-refractivity contribution is 5.85. The van der Waals surface area contributed by atoms with Crippen LogP contribution >= 0.6 is 12.4 Å². The lowest BCUT2D eigenvalue weighted by Gasteiger charge is -2.09. The molecule has 0 saturated carbocycles. The summed E-state index contributed by atoms with van der Waals surface area (Å²) in [5.41, 5.74) is 1.14. The van der Waals surface area contributed by atoms with E-state index in [1.807, 2.05) is 31.2 Å². The third kappa shape index (κ3) is 4.73. The first-order chi connectivity index (χ1) is 6.88. The van der Waals surface area contributed by atoms with E-state index in [2.05, 4.69) is 11.2 Å². The van der Waals surface area contributed by atoms with Crippen LogP contribution < -0.4 is 10.1 Å². The van der Waals surface area contributed by atoms with E-state index in [1.54, 1.807) is 0 Å². The number of terminal acetylenes is 1. The lowest BCUT2D eigenvalue weighted by atomic mass is 10.2. The van der Waals surface area contributed by atoms with Crippen molar-refractivity contribution in [1.82, 2.24) is 5.32 Å². The summed E-state index contributed by atoms with van der Waals surface area (Å²) >= 11 is 0. The van der Waals surface area contributed by atoms with Gasteiger partial charge >= 0.3 is 0 Å². The molecule has 1 aromatic carbocycles. The number of ether oxygens (including phenoxy) is 1. The monoisotopic (exact) mass is 225 g/mol. The fourth-order valence-corrected chi connectivity index (χ4v) is 1.22.